The van der Waals surface area contributed by atoms with Gasteiger partial charge in [-0.3, -0.25) is 0 Å². The Morgan fingerprint density at radius 1 is 0.250 bits per heavy atom. The Bertz CT molecular complexity index is 3200. The molecule has 10 aromatic carbocycles. The van der Waals surface area contributed by atoms with E-state index in [0.717, 1.165) is 0 Å². The average Bonchev–Trinajstić information content (AvgIpc) is 3.72. The molecule has 0 bridgehead atoms. The zero-order valence-electron chi connectivity index (χ0n) is 36.8. The van der Waals surface area contributed by atoms with Gasteiger partial charge < -0.3 is 0 Å². The number of rotatable bonds is 4. The van der Waals surface area contributed by atoms with E-state index in [4.69, 9.17) is 0 Å². The Morgan fingerprint density at radius 3 is 0.906 bits per heavy atom. The van der Waals surface area contributed by atoms with Gasteiger partial charge in [0.15, 0.2) is 0 Å². The molecule has 13 rings (SSSR count). The van der Waals surface area contributed by atoms with Crippen LogP contribution in [0.1, 0.15) is 83.3 Å². The average molecular weight is 817 g/mol. The van der Waals surface area contributed by atoms with E-state index in [0.29, 0.717) is 0 Å². The largest absolute Gasteiger partial charge is 0.0635 e. The molecule has 0 atom stereocenters. The number of fused-ring (bicyclic) bond motifs is 13. The fourth-order valence-corrected chi connectivity index (χ4v) is 13.1. The van der Waals surface area contributed by atoms with E-state index in [1.165, 1.54) is 111 Å². The van der Waals surface area contributed by atoms with Gasteiger partial charge in [-0.15, -0.1) is 0 Å². The second-order valence-corrected chi connectivity index (χ2v) is 19.5. The topological polar surface area (TPSA) is 0 Å². The lowest BCUT2D eigenvalue weighted by Gasteiger charge is -2.57. The van der Waals surface area contributed by atoms with Crippen molar-refractivity contribution in [2.75, 3.05) is 0 Å². The molecule has 3 aliphatic rings. The Hall–Kier alpha value is -7.28. The van der Waals surface area contributed by atoms with Gasteiger partial charge in [0.05, 0.1) is 10.8 Å². The molecular weight excluding hydrogens is 769 g/mol. The summed E-state index contributed by atoms with van der Waals surface area (Å²) in [6.45, 7) is 9.78. The van der Waals surface area contributed by atoms with E-state index in [-0.39, 0.29) is 10.8 Å². The highest BCUT2D eigenvalue weighted by Gasteiger charge is 2.62. The standard InChI is InChI=1S/C64H48/c1-61(2)53-35-33-41-21-17-19-31-47(41)59(53)51-37-49-50-38-52-56(62(3,4)54-36-34-42-22-18-20-32-48(42)60(52)54)40-58(50)64(45-27-13-7-14-28-45,46-29-15-8-16-30-46)63(57(49)39-55(51)61,43-23-9-5-10-24-43)44-25-11-6-12-26-44/h5-40H,1-4H3. The van der Waals surface area contributed by atoms with Gasteiger partial charge in [-0.05, 0) is 123 Å². The molecule has 64 heavy (non-hydrogen) atoms. The first-order valence-electron chi connectivity index (χ1n) is 22.9. The van der Waals surface area contributed by atoms with Crippen molar-refractivity contribution in [1.29, 1.82) is 0 Å². The van der Waals surface area contributed by atoms with Crippen LogP contribution in [0.2, 0.25) is 0 Å². The summed E-state index contributed by atoms with van der Waals surface area (Å²) in [5.41, 5.74) is 19.4. The van der Waals surface area contributed by atoms with Gasteiger partial charge >= 0.3 is 0 Å². The van der Waals surface area contributed by atoms with Crippen molar-refractivity contribution in [3.05, 3.63) is 274 Å². The quantitative estimate of drug-likeness (QED) is 0.166. The summed E-state index contributed by atoms with van der Waals surface area (Å²) in [5, 5.41) is 5.20. The van der Waals surface area contributed by atoms with Gasteiger partial charge in [0.2, 0.25) is 0 Å². The van der Waals surface area contributed by atoms with E-state index in [1.54, 1.807) is 0 Å². The van der Waals surface area contributed by atoms with Crippen LogP contribution >= 0.6 is 0 Å². The first kappa shape index (κ1) is 37.3. The molecule has 0 unspecified atom stereocenters. The maximum atomic E-state index is 2.67. The molecule has 0 spiro atoms. The van der Waals surface area contributed by atoms with Crippen LogP contribution in [0, 0.1) is 0 Å². The SMILES string of the molecule is CC1(C)c2cc3c(cc2-c2c1ccc1ccccc21)-c1cc2c(cc1C(c1ccccc1)(c1ccccc1)C3(c1ccccc1)c1ccccc1)C(C)(C)c1ccc3ccccc3c1-2. The third-order valence-electron chi connectivity index (χ3n) is 15.9. The van der Waals surface area contributed by atoms with Gasteiger partial charge in [0.1, 0.15) is 0 Å². The molecule has 0 heteroatoms. The smallest absolute Gasteiger partial charge is 0.0622 e. The van der Waals surface area contributed by atoms with E-state index >= 15 is 0 Å². The number of hydrogen-bond donors (Lipinski definition) is 0. The van der Waals surface area contributed by atoms with Crippen molar-refractivity contribution in [2.24, 2.45) is 0 Å². The third kappa shape index (κ3) is 4.58. The Morgan fingerprint density at radius 2 is 0.562 bits per heavy atom. The predicted octanol–water partition coefficient (Wildman–Crippen LogP) is 16.0. The fraction of sp³-hybridized carbons (Fsp3) is 0.125. The molecule has 0 fully saturated rings. The highest BCUT2D eigenvalue weighted by atomic mass is 14.6. The summed E-state index contributed by atoms with van der Waals surface area (Å²) in [5.74, 6) is 0. The van der Waals surface area contributed by atoms with Gasteiger partial charge in [-0.2, -0.15) is 0 Å². The summed E-state index contributed by atoms with van der Waals surface area (Å²) in [6.07, 6.45) is 0. The lowest BCUT2D eigenvalue weighted by Crippen LogP contribution is -2.55. The van der Waals surface area contributed by atoms with Crippen LogP contribution in [0.5, 0.6) is 0 Å². The van der Waals surface area contributed by atoms with Gasteiger partial charge in [-0.1, -0.05) is 234 Å². The molecule has 0 amide bonds. The summed E-state index contributed by atoms with van der Waals surface area (Å²) in [7, 11) is 0. The molecule has 0 radical (unpaired) electrons. The zero-order valence-corrected chi connectivity index (χ0v) is 36.8. The molecule has 0 nitrogen and oxygen atoms in total. The van der Waals surface area contributed by atoms with Gasteiger partial charge in [0, 0.05) is 10.8 Å². The van der Waals surface area contributed by atoms with Crippen molar-refractivity contribution >= 4 is 21.5 Å². The molecule has 304 valence electrons. The van der Waals surface area contributed by atoms with Crippen LogP contribution < -0.4 is 0 Å². The van der Waals surface area contributed by atoms with Crippen LogP contribution in [0.3, 0.4) is 0 Å². The van der Waals surface area contributed by atoms with Gasteiger partial charge in [-0.25, -0.2) is 0 Å². The van der Waals surface area contributed by atoms with Crippen molar-refractivity contribution < 1.29 is 0 Å². The molecule has 0 aliphatic heterocycles. The highest BCUT2D eigenvalue weighted by molar-refractivity contribution is 6.06. The van der Waals surface area contributed by atoms with E-state index < -0.39 is 10.8 Å². The van der Waals surface area contributed by atoms with Crippen molar-refractivity contribution in [2.45, 2.75) is 49.4 Å². The molecule has 0 aromatic heterocycles. The third-order valence-corrected chi connectivity index (χ3v) is 15.9. The lowest BCUT2D eigenvalue weighted by atomic mass is 9.43. The molecule has 10 aromatic rings. The summed E-state index contributed by atoms with van der Waals surface area (Å²) < 4.78 is 0. The second kappa shape index (κ2) is 13.1. The van der Waals surface area contributed by atoms with Crippen LogP contribution in [0.25, 0.3) is 54.9 Å². The molecule has 0 saturated carbocycles. The highest BCUT2D eigenvalue weighted by Crippen LogP contribution is 2.68. The minimum absolute atomic E-state index is 0.245. The zero-order chi connectivity index (χ0) is 43.0. The predicted molar refractivity (Wildman–Crippen MR) is 268 cm³/mol. The summed E-state index contributed by atoms with van der Waals surface area (Å²) in [6, 6.07) is 84.0. The Kier molecular flexibility index (Phi) is 7.65. The van der Waals surface area contributed by atoms with Crippen molar-refractivity contribution in [3.63, 3.8) is 0 Å². The lowest BCUT2D eigenvalue weighted by molar-refractivity contribution is 0.413. The maximum absolute atomic E-state index is 2.67. The number of benzene rings is 10. The Labute approximate surface area is 376 Å². The summed E-state index contributed by atoms with van der Waals surface area (Å²) in [4.78, 5) is 0. The number of hydrogen-bond acceptors (Lipinski definition) is 0. The maximum Gasteiger partial charge on any atom is 0.0635 e. The van der Waals surface area contributed by atoms with Crippen molar-refractivity contribution in [3.8, 4) is 33.4 Å². The molecule has 3 aliphatic carbocycles. The molecule has 0 heterocycles. The van der Waals surface area contributed by atoms with Crippen LogP contribution in [0.4, 0.5) is 0 Å². The first-order chi connectivity index (χ1) is 31.3. The van der Waals surface area contributed by atoms with Gasteiger partial charge in [0.25, 0.3) is 0 Å². The van der Waals surface area contributed by atoms with E-state index in [9.17, 15) is 0 Å². The minimum atomic E-state index is -0.737. The van der Waals surface area contributed by atoms with Crippen LogP contribution in [-0.4, -0.2) is 0 Å². The molecular formula is C64H48. The first-order valence-corrected chi connectivity index (χ1v) is 22.9. The van der Waals surface area contributed by atoms with Crippen LogP contribution in [-0.2, 0) is 21.7 Å². The molecule has 0 N–H and O–H groups in total. The normalized spacial score (nSPS) is 16.3. The van der Waals surface area contributed by atoms with Crippen molar-refractivity contribution in [1.82, 2.24) is 0 Å². The monoisotopic (exact) mass is 816 g/mol. The van der Waals surface area contributed by atoms with E-state index in [1.807, 2.05) is 0 Å². The molecule has 0 saturated heterocycles. The fourth-order valence-electron chi connectivity index (χ4n) is 13.1. The second-order valence-electron chi connectivity index (χ2n) is 19.5. The Balaban J connectivity index is 1.30. The minimum Gasteiger partial charge on any atom is -0.0622 e. The summed E-state index contributed by atoms with van der Waals surface area (Å²) >= 11 is 0. The van der Waals surface area contributed by atoms with Crippen LogP contribution in [0.15, 0.2) is 218 Å². The van der Waals surface area contributed by atoms with E-state index in [2.05, 4.69) is 246 Å².